The molecule has 6 nitrogen and oxygen atoms in total. The largest absolute Gasteiger partial charge is 0.274 e. The van der Waals surface area contributed by atoms with E-state index < -0.39 is 5.25 Å². The molecule has 0 aliphatic carbocycles. The molecule has 3 rings (SSSR count). The molecule has 0 aliphatic heterocycles. The maximum absolute atomic E-state index is 13.2. The highest BCUT2D eigenvalue weighted by Gasteiger charge is 2.23. The number of hydrogen-bond acceptors (Lipinski definition) is 5. The molecule has 128 valence electrons. The van der Waals surface area contributed by atoms with Crippen LogP contribution in [0.15, 0.2) is 59.8 Å². The van der Waals surface area contributed by atoms with Gasteiger partial charge >= 0.3 is 0 Å². The molecule has 25 heavy (non-hydrogen) atoms. The number of halogens is 1. The summed E-state index contributed by atoms with van der Waals surface area (Å²) in [6.45, 7) is 1.53. The van der Waals surface area contributed by atoms with Crippen molar-refractivity contribution in [3.63, 3.8) is 0 Å². The second kappa shape index (κ2) is 7.43. The summed E-state index contributed by atoms with van der Waals surface area (Å²) in [4.78, 5) is 10.7. The molecule has 0 saturated heterocycles. The van der Waals surface area contributed by atoms with Crippen LogP contribution in [0.2, 0.25) is 0 Å². The van der Waals surface area contributed by atoms with Gasteiger partial charge in [0.25, 0.3) is 0 Å². The van der Waals surface area contributed by atoms with Gasteiger partial charge in [-0.25, -0.2) is 4.39 Å². The number of aromatic nitrogens is 3. The number of nitrogens with zero attached hydrogens (tertiary/aromatic N) is 4. The van der Waals surface area contributed by atoms with Crippen molar-refractivity contribution in [2.24, 2.45) is 0 Å². The number of benzene rings is 2. The van der Waals surface area contributed by atoms with Crippen LogP contribution in [0, 0.1) is 22.9 Å². The molecule has 0 fully saturated rings. The first-order valence-corrected chi connectivity index (χ1v) is 8.44. The number of rotatable bonds is 6. The average molecular weight is 358 g/mol. The van der Waals surface area contributed by atoms with Gasteiger partial charge in [-0.15, -0.1) is 10.2 Å². The Labute approximate surface area is 147 Å². The van der Waals surface area contributed by atoms with E-state index in [1.54, 1.807) is 12.1 Å². The van der Waals surface area contributed by atoms with Gasteiger partial charge in [-0.3, -0.25) is 14.7 Å². The smallest absolute Gasteiger partial charge is 0.220 e. The fourth-order valence-corrected chi connectivity index (χ4v) is 3.62. The molecule has 0 bridgehead atoms. The summed E-state index contributed by atoms with van der Waals surface area (Å²) in [5, 5.41) is 19.4. The average Bonchev–Trinajstić information content (AvgIpc) is 2.96. The predicted octanol–water partition coefficient (Wildman–Crippen LogP) is 3.82. The summed E-state index contributed by atoms with van der Waals surface area (Å²) in [5.41, 5.74) is 1.55. The lowest BCUT2D eigenvalue weighted by Gasteiger charge is -2.14. The van der Waals surface area contributed by atoms with E-state index in [1.807, 2.05) is 41.8 Å². The van der Waals surface area contributed by atoms with E-state index in [4.69, 9.17) is 0 Å². The third-order valence-corrected chi connectivity index (χ3v) is 4.79. The number of nitro groups is 1. The Morgan fingerprint density at radius 3 is 2.48 bits per heavy atom. The molecule has 3 aromatic rings. The first kappa shape index (κ1) is 17.1. The molecule has 0 aliphatic rings. The highest BCUT2D eigenvalue weighted by molar-refractivity contribution is 7.99. The molecule has 0 radical (unpaired) electrons. The Hall–Kier alpha value is -2.74. The zero-order valence-electron chi connectivity index (χ0n) is 13.4. The Bertz CT molecular complexity index is 868. The van der Waals surface area contributed by atoms with Crippen LogP contribution in [0.4, 0.5) is 4.39 Å². The minimum absolute atomic E-state index is 0.295. The maximum atomic E-state index is 13.2. The van der Waals surface area contributed by atoms with Crippen LogP contribution in [-0.2, 0) is 0 Å². The van der Waals surface area contributed by atoms with Gasteiger partial charge in [0.15, 0.2) is 5.16 Å². The number of thioether (sulfide) groups is 1. The third kappa shape index (κ3) is 4.03. The molecule has 0 amide bonds. The van der Waals surface area contributed by atoms with Gasteiger partial charge < -0.3 is 0 Å². The summed E-state index contributed by atoms with van der Waals surface area (Å²) in [6, 6.07) is 15.3. The zero-order chi connectivity index (χ0) is 17.8. The second-order valence-corrected chi connectivity index (χ2v) is 6.54. The van der Waals surface area contributed by atoms with Crippen LogP contribution in [-0.4, -0.2) is 26.2 Å². The van der Waals surface area contributed by atoms with E-state index in [0.717, 1.165) is 5.69 Å². The van der Waals surface area contributed by atoms with Gasteiger partial charge in [-0.05, 0) is 36.8 Å². The Kier molecular flexibility index (Phi) is 5.08. The summed E-state index contributed by atoms with van der Waals surface area (Å²) in [5.74, 6) is 0.310. The van der Waals surface area contributed by atoms with Crippen LogP contribution in [0.3, 0.4) is 0 Å². The van der Waals surface area contributed by atoms with E-state index in [9.17, 15) is 14.5 Å². The molecule has 8 heteroatoms. The number of aryl methyl sites for hydroxylation is 1. The molecule has 1 atom stereocenters. The topological polar surface area (TPSA) is 73.8 Å². The zero-order valence-corrected chi connectivity index (χ0v) is 14.2. The van der Waals surface area contributed by atoms with Gasteiger partial charge in [0.1, 0.15) is 16.9 Å². The fourth-order valence-electron chi connectivity index (χ4n) is 2.44. The van der Waals surface area contributed by atoms with E-state index in [1.165, 1.54) is 23.9 Å². The van der Waals surface area contributed by atoms with Crippen LogP contribution in [0.25, 0.3) is 5.69 Å². The highest BCUT2D eigenvalue weighted by Crippen LogP contribution is 2.35. The molecule has 0 unspecified atom stereocenters. The second-order valence-electron chi connectivity index (χ2n) is 5.37. The lowest BCUT2D eigenvalue weighted by molar-refractivity contribution is -0.479. The highest BCUT2D eigenvalue weighted by atomic mass is 32.2. The maximum Gasteiger partial charge on any atom is 0.220 e. The van der Waals surface area contributed by atoms with Crippen molar-refractivity contribution in [2.75, 3.05) is 6.54 Å². The molecular formula is C17H15FN4O2S. The quantitative estimate of drug-likeness (QED) is 0.380. The van der Waals surface area contributed by atoms with Crippen molar-refractivity contribution in [1.29, 1.82) is 0 Å². The predicted molar refractivity (Wildman–Crippen MR) is 93.0 cm³/mol. The standard InChI is InChI=1S/C17H15FN4O2S/c1-12-19-20-17(22(12)15-5-3-2-4-6-15)25-16(11-21(23)24)13-7-9-14(18)10-8-13/h2-10,16H,11H2,1H3/t16-/m1/s1. The molecule has 0 N–H and O–H groups in total. The van der Waals surface area contributed by atoms with Gasteiger partial charge in [-0.2, -0.15) is 0 Å². The third-order valence-electron chi connectivity index (χ3n) is 3.61. The van der Waals surface area contributed by atoms with Gasteiger partial charge in [0.2, 0.25) is 6.54 Å². The lowest BCUT2D eigenvalue weighted by Crippen LogP contribution is -2.11. The van der Waals surface area contributed by atoms with Crippen molar-refractivity contribution in [1.82, 2.24) is 14.8 Å². The van der Waals surface area contributed by atoms with Crippen LogP contribution >= 0.6 is 11.8 Å². The first-order chi connectivity index (χ1) is 12.0. The van der Waals surface area contributed by atoms with Crippen molar-refractivity contribution in [3.8, 4) is 5.69 Å². The number of hydrogen-bond donors (Lipinski definition) is 0. The fraction of sp³-hybridized carbons (Fsp3) is 0.176. The molecular weight excluding hydrogens is 343 g/mol. The van der Waals surface area contributed by atoms with Gasteiger partial charge in [0, 0.05) is 10.6 Å². The Morgan fingerprint density at radius 1 is 1.16 bits per heavy atom. The molecule has 0 saturated carbocycles. The minimum atomic E-state index is -0.498. The van der Waals surface area contributed by atoms with E-state index in [0.29, 0.717) is 16.5 Å². The van der Waals surface area contributed by atoms with Crippen LogP contribution < -0.4 is 0 Å². The molecule has 0 spiro atoms. The SMILES string of the molecule is Cc1nnc(S[C@H](C[N+](=O)[O-])c2ccc(F)cc2)n1-c1ccccc1. The lowest BCUT2D eigenvalue weighted by atomic mass is 10.1. The summed E-state index contributed by atoms with van der Waals surface area (Å²) >= 11 is 1.24. The van der Waals surface area contributed by atoms with Gasteiger partial charge in [-0.1, -0.05) is 42.1 Å². The van der Waals surface area contributed by atoms with Crippen molar-refractivity contribution < 1.29 is 9.31 Å². The molecule has 2 aromatic carbocycles. The Morgan fingerprint density at radius 2 is 1.84 bits per heavy atom. The normalized spacial score (nSPS) is 12.1. The molecule has 1 heterocycles. The summed E-state index contributed by atoms with van der Waals surface area (Å²) < 4.78 is 15.0. The Balaban J connectivity index is 1.95. The van der Waals surface area contributed by atoms with Gasteiger partial charge in [0.05, 0.1) is 0 Å². The van der Waals surface area contributed by atoms with Crippen molar-refractivity contribution in [3.05, 3.63) is 81.9 Å². The van der Waals surface area contributed by atoms with Crippen molar-refractivity contribution >= 4 is 11.8 Å². The summed E-state index contributed by atoms with van der Waals surface area (Å²) in [7, 11) is 0. The van der Waals surface area contributed by atoms with Crippen molar-refractivity contribution in [2.45, 2.75) is 17.3 Å². The van der Waals surface area contributed by atoms with E-state index >= 15 is 0 Å². The monoisotopic (exact) mass is 358 g/mol. The van der Waals surface area contributed by atoms with Crippen LogP contribution in [0.5, 0.6) is 0 Å². The van der Waals surface area contributed by atoms with E-state index in [2.05, 4.69) is 10.2 Å². The minimum Gasteiger partial charge on any atom is -0.274 e. The van der Waals surface area contributed by atoms with E-state index in [-0.39, 0.29) is 17.3 Å². The first-order valence-electron chi connectivity index (χ1n) is 7.56. The molecule has 1 aromatic heterocycles. The van der Waals surface area contributed by atoms with Crippen LogP contribution in [0.1, 0.15) is 16.6 Å². The number of para-hydroxylation sites is 1. The summed E-state index contributed by atoms with van der Waals surface area (Å²) in [6.07, 6.45) is 0.